The molecule has 0 amide bonds. The monoisotopic (exact) mass is 273 g/mol. The van der Waals surface area contributed by atoms with Crippen molar-refractivity contribution < 1.29 is 4.74 Å². The molecule has 2 heteroatoms. The molecule has 0 radical (unpaired) electrons. The zero-order valence-electron chi connectivity index (χ0n) is 13.3. The van der Waals surface area contributed by atoms with E-state index in [-0.39, 0.29) is 5.41 Å². The molecule has 20 heavy (non-hydrogen) atoms. The summed E-state index contributed by atoms with van der Waals surface area (Å²) < 4.78 is 5.88. The number of hydrogen-bond acceptors (Lipinski definition) is 2. The van der Waals surface area contributed by atoms with Crippen LogP contribution < -0.4 is 10.1 Å². The molecule has 0 heterocycles. The van der Waals surface area contributed by atoms with Crippen LogP contribution in [0.5, 0.6) is 5.75 Å². The fourth-order valence-electron chi connectivity index (χ4n) is 2.08. The van der Waals surface area contributed by atoms with Crippen molar-refractivity contribution in [3.63, 3.8) is 0 Å². The van der Waals surface area contributed by atoms with Crippen molar-refractivity contribution in [1.82, 2.24) is 5.32 Å². The van der Waals surface area contributed by atoms with Crippen molar-refractivity contribution in [2.45, 2.75) is 52.0 Å². The van der Waals surface area contributed by atoms with Gasteiger partial charge in [-0.2, -0.15) is 0 Å². The Labute approximate surface area is 123 Å². The summed E-state index contributed by atoms with van der Waals surface area (Å²) in [5, 5.41) is 3.46. The van der Waals surface area contributed by atoms with Crippen LogP contribution in [0.15, 0.2) is 30.4 Å². The Morgan fingerprint density at radius 3 is 2.60 bits per heavy atom. The Morgan fingerprint density at radius 1 is 1.35 bits per heavy atom. The normalized spacial score (nSPS) is 15.2. The minimum absolute atomic E-state index is 0.182. The van der Waals surface area contributed by atoms with Gasteiger partial charge in [0, 0.05) is 12.6 Å². The Kier molecular flexibility index (Phi) is 4.54. The third-order valence-electron chi connectivity index (χ3n) is 3.69. The minimum Gasteiger partial charge on any atom is -0.489 e. The van der Waals surface area contributed by atoms with E-state index in [0.717, 1.165) is 23.9 Å². The minimum atomic E-state index is 0.182. The van der Waals surface area contributed by atoms with Gasteiger partial charge in [-0.05, 0) is 47.9 Å². The van der Waals surface area contributed by atoms with Crippen LogP contribution >= 0.6 is 0 Å². The van der Waals surface area contributed by atoms with E-state index < -0.39 is 0 Å². The lowest BCUT2D eigenvalue weighted by molar-refractivity contribution is 0.345. The molecule has 0 aromatic heterocycles. The van der Waals surface area contributed by atoms with Gasteiger partial charge < -0.3 is 10.1 Å². The van der Waals surface area contributed by atoms with E-state index in [2.05, 4.69) is 57.8 Å². The maximum Gasteiger partial charge on any atom is 0.122 e. The van der Waals surface area contributed by atoms with Crippen LogP contribution in [0, 0.1) is 6.92 Å². The number of nitrogens with one attached hydrogen (secondary N) is 1. The van der Waals surface area contributed by atoms with Gasteiger partial charge in [-0.3, -0.25) is 0 Å². The van der Waals surface area contributed by atoms with E-state index in [9.17, 15) is 0 Å². The third kappa shape index (κ3) is 4.38. The summed E-state index contributed by atoms with van der Waals surface area (Å²) in [6.45, 7) is 14.3. The van der Waals surface area contributed by atoms with Crippen molar-refractivity contribution in [1.29, 1.82) is 0 Å². The SMILES string of the molecule is C=C(CNC1CC1)COc1ccc(C(C)(C)C)cc1C. The maximum atomic E-state index is 5.88. The molecule has 2 rings (SSSR count). The number of hydrogen-bond donors (Lipinski definition) is 1. The van der Waals surface area contributed by atoms with Crippen molar-refractivity contribution in [2.75, 3.05) is 13.2 Å². The topological polar surface area (TPSA) is 21.3 Å². The summed E-state index contributed by atoms with van der Waals surface area (Å²) in [5.41, 5.74) is 3.83. The van der Waals surface area contributed by atoms with Gasteiger partial charge in [0.25, 0.3) is 0 Å². The van der Waals surface area contributed by atoms with Crippen molar-refractivity contribution >= 4 is 0 Å². The molecule has 1 aromatic carbocycles. The molecule has 0 saturated heterocycles. The Bertz CT molecular complexity index is 481. The van der Waals surface area contributed by atoms with Crippen molar-refractivity contribution in [3.8, 4) is 5.75 Å². The number of ether oxygens (including phenoxy) is 1. The third-order valence-corrected chi connectivity index (χ3v) is 3.69. The standard InChI is InChI=1S/C18H27NO/c1-13(11-19-16-7-8-16)12-20-17-9-6-15(10-14(17)2)18(3,4)5/h6,9-10,16,19H,1,7-8,11-12H2,2-5H3. The number of aryl methyl sites for hydroxylation is 1. The second-order valence-corrected chi connectivity index (χ2v) is 6.92. The first-order valence-corrected chi connectivity index (χ1v) is 7.50. The lowest BCUT2D eigenvalue weighted by atomic mass is 9.86. The van der Waals surface area contributed by atoms with Gasteiger partial charge in [-0.1, -0.05) is 39.5 Å². The summed E-state index contributed by atoms with van der Waals surface area (Å²) >= 11 is 0. The van der Waals surface area contributed by atoms with E-state index in [4.69, 9.17) is 4.74 Å². The highest BCUT2D eigenvalue weighted by atomic mass is 16.5. The smallest absolute Gasteiger partial charge is 0.122 e. The van der Waals surface area contributed by atoms with Crippen LogP contribution in [0.3, 0.4) is 0 Å². The molecule has 0 unspecified atom stereocenters. The van der Waals surface area contributed by atoms with E-state index in [0.29, 0.717) is 6.61 Å². The second-order valence-electron chi connectivity index (χ2n) is 6.92. The molecule has 1 fully saturated rings. The molecule has 0 spiro atoms. The molecular formula is C18H27NO. The summed E-state index contributed by atoms with van der Waals surface area (Å²) in [7, 11) is 0. The van der Waals surface area contributed by atoms with Crippen LogP contribution in [-0.2, 0) is 5.41 Å². The lowest BCUT2D eigenvalue weighted by Crippen LogP contribution is -2.21. The lowest BCUT2D eigenvalue weighted by Gasteiger charge is -2.20. The molecule has 0 atom stereocenters. The molecule has 2 nitrogen and oxygen atoms in total. The summed E-state index contributed by atoms with van der Waals surface area (Å²) in [6, 6.07) is 7.19. The quantitative estimate of drug-likeness (QED) is 0.792. The van der Waals surface area contributed by atoms with Gasteiger partial charge >= 0.3 is 0 Å². The molecule has 1 saturated carbocycles. The summed E-state index contributed by atoms with van der Waals surface area (Å²) in [6.07, 6.45) is 2.61. The predicted octanol–water partition coefficient (Wildman–Crippen LogP) is 3.98. The van der Waals surface area contributed by atoms with Crippen LogP contribution in [0.25, 0.3) is 0 Å². The van der Waals surface area contributed by atoms with Gasteiger partial charge in [0.2, 0.25) is 0 Å². The Hall–Kier alpha value is -1.28. The molecule has 0 bridgehead atoms. The van der Waals surface area contributed by atoms with Gasteiger partial charge in [0.05, 0.1) is 0 Å². The zero-order chi connectivity index (χ0) is 14.8. The van der Waals surface area contributed by atoms with Crippen LogP contribution in [0.1, 0.15) is 44.7 Å². The van der Waals surface area contributed by atoms with E-state index >= 15 is 0 Å². The number of benzene rings is 1. The summed E-state index contributed by atoms with van der Waals surface area (Å²) in [4.78, 5) is 0. The predicted molar refractivity (Wildman–Crippen MR) is 85.5 cm³/mol. The Balaban J connectivity index is 1.87. The fraction of sp³-hybridized carbons (Fsp3) is 0.556. The van der Waals surface area contributed by atoms with Crippen LogP contribution in [0.4, 0.5) is 0 Å². The first-order chi connectivity index (χ1) is 9.36. The average molecular weight is 273 g/mol. The maximum absolute atomic E-state index is 5.88. The van der Waals surface area contributed by atoms with Gasteiger partial charge in [-0.15, -0.1) is 0 Å². The largest absolute Gasteiger partial charge is 0.489 e. The van der Waals surface area contributed by atoms with E-state index in [1.807, 2.05) is 0 Å². The van der Waals surface area contributed by atoms with Crippen LogP contribution in [0.2, 0.25) is 0 Å². The van der Waals surface area contributed by atoms with Gasteiger partial charge in [0.1, 0.15) is 12.4 Å². The fourth-order valence-corrected chi connectivity index (χ4v) is 2.08. The van der Waals surface area contributed by atoms with E-state index in [1.54, 1.807) is 0 Å². The molecule has 1 aliphatic carbocycles. The second kappa shape index (κ2) is 6.01. The first-order valence-electron chi connectivity index (χ1n) is 7.50. The number of rotatable bonds is 6. The molecule has 1 N–H and O–H groups in total. The highest BCUT2D eigenvalue weighted by Crippen LogP contribution is 2.27. The Morgan fingerprint density at radius 2 is 2.05 bits per heavy atom. The van der Waals surface area contributed by atoms with Crippen molar-refractivity contribution in [2.24, 2.45) is 0 Å². The molecule has 1 aromatic rings. The molecule has 0 aliphatic heterocycles. The molecule has 110 valence electrons. The average Bonchev–Trinajstić information content (AvgIpc) is 3.17. The summed E-state index contributed by atoms with van der Waals surface area (Å²) in [5.74, 6) is 0.963. The first kappa shape index (κ1) is 15.1. The molecule has 1 aliphatic rings. The van der Waals surface area contributed by atoms with Crippen LogP contribution in [-0.4, -0.2) is 19.2 Å². The highest BCUT2D eigenvalue weighted by molar-refractivity contribution is 5.38. The van der Waals surface area contributed by atoms with Gasteiger partial charge in [-0.25, -0.2) is 0 Å². The zero-order valence-corrected chi connectivity index (χ0v) is 13.3. The molecular weight excluding hydrogens is 246 g/mol. The van der Waals surface area contributed by atoms with E-state index in [1.165, 1.54) is 24.0 Å². The van der Waals surface area contributed by atoms with Crippen molar-refractivity contribution in [3.05, 3.63) is 41.5 Å². The van der Waals surface area contributed by atoms with Gasteiger partial charge in [0.15, 0.2) is 0 Å². The highest BCUT2D eigenvalue weighted by Gasteiger charge is 2.20.